The third-order valence-electron chi connectivity index (χ3n) is 3.95. The van der Waals surface area contributed by atoms with Gasteiger partial charge in [-0.3, -0.25) is 4.79 Å². The largest absolute Gasteiger partial charge is 0.465 e. The lowest BCUT2D eigenvalue weighted by Gasteiger charge is -2.15. The van der Waals surface area contributed by atoms with Gasteiger partial charge in [0.15, 0.2) is 6.61 Å². The van der Waals surface area contributed by atoms with Gasteiger partial charge in [-0.2, -0.15) is 13.2 Å². The Morgan fingerprint density at radius 3 is 2.41 bits per heavy atom. The standard InChI is InChI=1S/C18H16ClF3N2O5/c1-8-13(16(26)28-3)9(2)23-14(8)17(27)29-7-12(25)24-15-10(18(20,21)22)5-4-6-11(15)19/h4-6,23H,7H2,1-3H3,(H,24,25). The number of halogens is 4. The van der Waals surface area contributed by atoms with Crippen LogP contribution in [0.2, 0.25) is 5.02 Å². The molecule has 0 bridgehead atoms. The highest BCUT2D eigenvalue weighted by Gasteiger charge is 2.35. The quantitative estimate of drug-likeness (QED) is 0.699. The average molecular weight is 433 g/mol. The maximum absolute atomic E-state index is 13.1. The zero-order valence-electron chi connectivity index (χ0n) is 15.5. The normalized spacial score (nSPS) is 11.1. The number of benzene rings is 1. The van der Waals surface area contributed by atoms with Gasteiger partial charge < -0.3 is 19.8 Å². The number of alkyl halides is 3. The molecule has 156 valence electrons. The molecule has 0 saturated heterocycles. The SMILES string of the molecule is COC(=O)c1c(C)[nH]c(C(=O)OCC(=O)Nc2c(Cl)cccc2C(F)(F)F)c1C. The number of ether oxygens (including phenoxy) is 2. The predicted molar refractivity (Wildman–Crippen MR) is 97.0 cm³/mol. The van der Waals surface area contributed by atoms with Crippen LogP contribution in [-0.2, 0) is 20.4 Å². The fourth-order valence-electron chi connectivity index (χ4n) is 2.63. The Balaban J connectivity index is 2.12. The number of amides is 1. The van der Waals surface area contributed by atoms with Crippen molar-refractivity contribution in [1.82, 2.24) is 4.98 Å². The van der Waals surface area contributed by atoms with Gasteiger partial charge in [0.1, 0.15) is 5.69 Å². The number of carbonyl (C=O) groups is 3. The molecule has 1 heterocycles. The summed E-state index contributed by atoms with van der Waals surface area (Å²) < 4.78 is 48.6. The van der Waals surface area contributed by atoms with Crippen LogP contribution in [0.25, 0.3) is 0 Å². The molecule has 0 aliphatic carbocycles. The second-order valence-corrected chi connectivity index (χ2v) is 6.31. The van der Waals surface area contributed by atoms with Crippen molar-refractivity contribution in [2.75, 3.05) is 19.0 Å². The van der Waals surface area contributed by atoms with Crippen molar-refractivity contribution in [3.63, 3.8) is 0 Å². The lowest BCUT2D eigenvalue weighted by Crippen LogP contribution is -2.23. The van der Waals surface area contributed by atoms with E-state index in [1.165, 1.54) is 20.1 Å². The van der Waals surface area contributed by atoms with Crippen LogP contribution in [0.15, 0.2) is 18.2 Å². The Labute approximate surface area is 168 Å². The number of aromatic amines is 1. The summed E-state index contributed by atoms with van der Waals surface area (Å²) in [6.45, 7) is 2.15. The Morgan fingerprint density at radius 2 is 1.83 bits per heavy atom. The van der Waals surface area contributed by atoms with Gasteiger partial charge in [0, 0.05) is 5.69 Å². The van der Waals surface area contributed by atoms with Crippen molar-refractivity contribution in [3.8, 4) is 0 Å². The minimum Gasteiger partial charge on any atom is -0.465 e. The Bertz CT molecular complexity index is 969. The molecular weight excluding hydrogens is 417 g/mol. The van der Waals surface area contributed by atoms with Crippen molar-refractivity contribution in [3.05, 3.63) is 51.3 Å². The summed E-state index contributed by atoms with van der Waals surface area (Å²) in [4.78, 5) is 38.6. The molecule has 0 fully saturated rings. The van der Waals surface area contributed by atoms with E-state index in [-0.39, 0.29) is 21.8 Å². The van der Waals surface area contributed by atoms with Crippen LogP contribution >= 0.6 is 11.6 Å². The number of para-hydroxylation sites is 1. The van der Waals surface area contributed by atoms with Gasteiger partial charge in [0.05, 0.1) is 28.9 Å². The minimum absolute atomic E-state index is 0.0792. The van der Waals surface area contributed by atoms with E-state index >= 15 is 0 Å². The van der Waals surface area contributed by atoms with E-state index in [0.29, 0.717) is 5.69 Å². The van der Waals surface area contributed by atoms with Crippen LogP contribution in [0.1, 0.15) is 37.7 Å². The fourth-order valence-corrected chi connectivity index (χ4v) is 2.85. The number of rotatable bonds is 5. The van der Waals surface area contributed by atoms with Crippen molar-refractivity contribution < 1.29 is 37.0 Å². The van der Waals surface area contributed by atoms with E-state index in [4.69, 9.17) is 16.3 Å². The van der Waals surface area contributed by atoms with Crippen LogP contribution in [0.4, 0.5) is 18.9 Å². The summed E-state index contributed by atoms with van der Waals surface area (Å²) in [6.07, 6.45) is -4.74. The highest BCUT2D eigenvalue weighted by Crippen LogP contribution is 2.38. The van der Waals surface area contributed by atoms with E-state index in [1.807, 2.05) is 5.32 Å². The Kier molecular flexibility index (Phi) is 6.58. The number of hydrogen-bond donors (Lipinski definition) is 2. The average Bonchev–Trinajstić information content (AvgIpc) is 2.94. The monoisotopic (exact) mass is 432 g/mol. The van der Waals surface area contributed by atoms with Crippen LogP contribution in [0.5, 0.6) is 0 Å². The molecule has 0 saturated carbocycles. The first-order valence-corrected chi connectivity index (χ1v) is 8.45. The molecule has 0 aliphatic rings. The molecule has 0 radical (unpaired) electrons. The van der Waals surface area contributed by atoms with Crippen LogP contribution in [0, 0.1) is 13.8 Å². The molecule has 1 amide bonds. The van der Waals surface area contributed by atoms with Gasteiger partial charge in [-0.05, 0) is 31.5 Å². The van der Waals surface area contributed by atoms with E-state index in [1.54, 1.807) is 6.92 Å². The van der Waals surface area contributed by atoms with E-state index in [9.17, 15) is 27.6 Å². The molecule has 2 rings (SSSR count). The maximum Gasteiger partial charge on any atom is 0.418 e. The van der Waals surface area contributed by atoms with Crippen LogP contribution < -0.4 is 5.32 Å². The third-order valence-corrected chi connectivity index (χ3v) is 4.26. The number of aromatic nitrogens is 1. The minimum atomic E-state index is -4.74. The Morgan fingerprint density at radius 1 is 1.17 bits per heavy atom. The third kappa shape index (κ3) is 4.89. The van der Waals surface area contributed by atoms with Crippen molar-refractivity contribution in [2.24, 2.45) is 0 Å². The van der Waals surface area contributed by atoms with Gasteiger partial charge >= 0.3 is 18.1 Å². The predicted octanol–water partition coefficient (Wildman–Crippen LogP) is 3.89. The molecule has 0 spiro atoms. The van der Waals surface area contributed by atoms with Crippen LogP contribution in [-0.4, -0.2) is 36.5 Å². The van der Waals surface area contributed by atoms with Crippen LogP contribution in [0.3, 0.4) is 0 Å². The first-order valence-electron chi connectivity index (χ1n) is 8.07. The second kappa shape index (κ2) is 8.56. The van der Waals surface area contributed by atoms with Crippen molar-refractivity contribution in [1.29, 1.82) is 0 Å². The highest BCUT2D eigenvalue weighted by molar-refractivity contribution is 6.34. The summed E-state index contributed by atoms with van der Waals surface area (Å²) in [7, 11) is 1.18. The van der Waals surface area contributed by atoms with Gasteiger partial charge in [-0.25, -0.2) is 9.59 Å². The molecule has 7 nitrogen and oxygen atoms in total. The smallest absolute Gasteiger partial charge is 0.418 e. The molecule has 11 heteroatoms. The van der Waals surface area contributed by atoms with Gasteiger partial charge in [0.2, 0.25) is 0 Å². The molecule has 0 unspecified atom stereocenters. The number of H-pyrrole nitrogens is 1. The Hall–Kier alpha value is -3.01. The summed E-state index contributed by atoms with van der Waals surface area (Å²) >= 11 is 5.75. The summed E-state index contributed by atoms with van der Waals surface area (Å²) in [5.74, 6) is -2.65. The van der Waals surface area contributed by atoms with E-state index in [2.05, 4.69) is 9.72 Å². The molecule has 2 aromatic rings. The number of carbonyl (C=O) groups excluding carboxylic acids is 3. The van der Waals surface area contributed by atoms with Crippen molar-refractivity contribution in [2.45, 2.75) is 20.0 Å². The molecule has 2 N–H and O–H groups in total. The molecule has 29 heavy (non-hydrogen) atoms. The fraction of sp³-hybridized carbons (Fsp3) is 0.278. The highest BCUT2D eigenvalue weighted by atomic mass is 35.5. The number of anilines is 1. The number of aryl methyl sites for hydroxylation is 1. The molecule has 0 atom stereocenters. The van der Waals surface area contributed by atoms with Gasteiger partial charge in [0.25, 0.3) is 5.91 Å². The number of hydrogen-bond acceptors (Lipinski definition) is 5. The molecule has 1 aromatic carbocycles. The summed E-state index contributed by atoms with van der Waals surface area (Å²) in [6, 6.07) is 3.03. The molecule has 0 aliphatic heterocycles. The first-order chi connectivity index (χ1) is 13.5. The number of methoxy groups -OCH3 is 1. The summed E-state index contributed by atoms with van der Waals surface area (Å²) in [5.41, 5.74) is -1.09. The molecular formula is C18H16ClF3N2O5. The second-order valence-electron chi connectivity index (χ2n) is 5.90. The van der Waals surface area contributed by atoms with Gasteiger partial charge in [-0.15, -0.1) is 0 Å². The lowest BCUT2D eigenvalue weighted by atomic mass is 10.1. The zero-order valence-corrected chi connectivity index (χ0v) is 16.2. The summed E-state index contributed by atoms with van der Waals surface area (Å²) in [5, 5.41) is 1.68. The zero-order chi connectivity index (χ0) is 21.9. The van der Waals surface area contributed by atoms with E-state index in [0.717, 1.165) is 12.1 Å². The first kappa shape index (κ1) is 22.3. The van der Waals surface area contributed by atoms with E-state index < -0.39 is 41.9 Å². The van der Waals surface area contributed by atoms with Crippen molar-refractivity contribution >= 4 is 35.1 Å². The topological polar surface area (TPSA) is 97.5 Å². The number of esters is 2. The number of nitrogens with one attached hydrogen (secondary N) is 2. The van der Waals surface area contributed by atoms with Gasteiger partial charge in [-0.1, -0.05) is 17.7 Å². The lowest BCUT2D eigenvalue weighted by molar-refractivity contribution is -0.137. The molecule has 1 aromatic heterocycles. The maximum atomic E-state index is 13.1.